The number of nitrogens with zero attached hydrogens (tertiary/aromatic N) is 1. The minimum absolute atomic E-state index is 0.240. The van der Waals surface area contributed by atoms with E-state index in [2.05, 4.69) is 0 Å². The van der Waals surface area contributed by atoms with Gasteiger partial charge in [-0.15, -0.1) is 0 Å². The van der Waals surface area contributed by atoms with Gasteiger partial charge in [0.2, 0.25) is 5.91 Å². The number of rotatable bonds is 0. The first-order valence-electron chi connectivity index (χ1n) is 5.04. The van der Waals surface area contributed by atoms with Crippen LogP contribution in [0.15, 0.2) is 0 Å². The van der Waals surface area contributed by atoms with Crippen LogP contribution in [0.5, 0.6) is 0 Å². The Morgan fingerprint density at radius 1 is 1.38 bits per heavy atom. The molecule has 2 aliphatic heterocycles. The van der Waals surface area contributed by atoms with E-state index in [1.165, 1.54) is 0 Å². The van der Waals surface area contributed by atoms with Crippen molar-refractivity contribution in [2.24, 2.45) is 5.41 Å². The monoisotopic (exact) mass is 185 g/mol. The summed E-state index contributed by atoms with van der Waals surface area (Å²) in [5, 5.41) is 0. The third kappa shape index (κ3) is 2.02. The van der Waals surface area contributed by atoms with Crippen LogP contribution in [0, 0.1) is 5.41 Å². The quantitative estimate of drug-likeness (QED) is 0.569. The maximum atomic E-state index is 11.3. The van der Waals surface area contributed by atoms with Crippen LogP contribution < -0.4 is 0 Å². The fourth-order valence-corrected chi connectivity index (χ4v) is 1.71. The molecule has 3 heteroatoms. The second-order valence-electron chi connectivity index (χ2n) is 3.73. The van der Waals surface area contributed by atoms with E-state index in [0.29, 0.717) is 6.42 Å². The van der Waals surface area contributed by atoms with Crippen LogP contribution in [0.25, 0.3) is 0 Å². The van der Waals surface area contributed by atoms with Crippen LogP contribution in [-0.2, 0) is 9.53 Å². The van der Waals surface area contributed by atoms with Gasteiger partial charge in [0.15, 0.2) is 0 Å². The van der Waals surface area contributed by atoms with Gasteiger partial charge in [0.1, 0.15) is 0 Å². The summed E-state index contributed by atoms with van der Waals surface area (Å²) in [6, 6.07) is 0. The smallest absolute Gasteiger partial charge is 0.223 e. The van der Waals surface area contributed by atoms with Crippen molar-refractivity contribution < 1.29 is 9.53 Å². The van der Waals surface area contributed by atoms with E-state index >= 15 is 0 Å². The molecule has 0 radical (unpaired) electrons. The molecule has 3 nitrogen and oxygen atoms in total. The molecule has 2 aliphatic rings. The Morgan fingerprint density at radius 3 is 2.38 bits per heavy atom. The predicted octanol–water partition coefficient (Wildman–Crippen LogP) is 1.28. The maximum Gasteiger partial charge on any atom is 0.223 e. The molecule has 1 spiro atoms. The lowest BCUT2D eigenvalue weighted by Crippen LogP contribution is -2.52. The molecule has 0 atom stereocenters. The van der Waals surface area contributed by atoms with Crippen molar-refractivity contribution in [2.75, 3.05) is 26.8 Å². The summed E-state index contributed by atoms with van der Waals surface area (Å²) >= 11 is 0. The van der Waals surface area contributed by atoms with Crippen molar-refractivity contribution in [3.05, 3.63) is 0 Å². The van der Waals surface area contributed by atoms with Crippen molar-refractivity contribution >= 4 is 5.91 Å². The van der Waals surface area contributed by atoms with Crippen molar-refractivity contribution in [3.63, 3.8) is 0 Å². The summed E-state index contributed by atoms with van der Waals surface area (Å²) < 4.78 is 5.13. The lowest BCUT2D eigenvalue weighted by Gasteiger charge is -2.45. The summed E-state index contributed by atoms with van der Waals surface area (Å²) in [5.41, 5.74) is 0.240. The zero-order valence-corrected chi connectivity index (χ0v) is 8.80. The number of piperidine rings is 1. The van der Waals surface area contributed by atoms with Crippen LogP contribution in [-0.4, -0.2) is 37.6 Å². The Kier molecular flexibility index (Phi) is 3.31. The molecule has 13 heavy (non-hydrogen) atoms. The Hall–Kier alpha value is -0.570. The number of ether oxygens (including phenoxy) is 1. The summed E-state index contributed by atoms with van der Waals surface area (Å²) in [4.78, 5) is 13.1. The normalized spacial score (nSPS) is 24.8. The number of amides is 1. The Balaban J connectivity index is 0.000000396. The second kappa shape index (κ2) is 4.09. The summed E-state index contributed by atoms with van der Waals surface area (Å²) in [5.74, 6) is 0.277. The Bertz CT molecular complexity index is 187. The van der Waals surface area contributed by atoms with Crippen LogP contribution in [0.1, 0.15) is 26.7 Å². The van der Waals surface area contributed by atoms with E-state index in [9.17, 15) is 4.79 Å². The molecule has 1 amide bonds. The molecule has 2 rings (SSSR count). The van der Waals surface area contributed by atoms with E-state index in [-0.39, 0.29) is 11.3 Å². The van der Waals surface area contributed by atoms with Crippen molar-refractivity contribution in [1.82, 2.24) is 4.90 Å². The Morgan fingerprint density at radius 2 is 2.00 bits per heavy atom. The standard InChI is InChI=1S/C8H13NO2.C2H6/c1-9-3-2-8(4-7(9)10)5-11-6-8;1-2/h2-6H2,1H3;1-2H3. The van der Waals surface area contributed by atoms with Crippen LogP contribution in [0.3, 0.4) is 0 Å². The lowest BCUT2D eigenvalue weighted by atomic mass is 9.76. The van der Waals surface area contributed by atoms with Gasteiger partial charge in [-0.1, -0.05) is 13.8 Å². The largest absolute Gasteiger partial charge is 0.380 e. The van der Waals surface area contributed by atoms with Gasteiger partial charge >= 0.3 is 0 Å². The highest BCUT2D eigenvalue weighted by molar-refractivity contribution is 5.77. The first-order chi connectivity index (χ1) is 6.22. The first kappa shape index (κ1) is 10.5. The highest BCUT2D eigenvalue weighted by Gasteiger charge is 2.43. The highest BCUT2D eigenvalue weighted by Crippen LogP contribution is 2.38. The SMILES string of the molecule is CC.CN1CCC2(COC2)CC1=O. The van der Waals surface area contributed by atoms with Crippen molar-refractivity contribution in [2.45, 2.75) is 26.7 Å². The third-order valence-electron chi connectivity index (χ3n) is 2.75. The zero-order chi connectivity index (χ0) is 9.90. The van der Waals surface area contributed by atoms with Crippen molar-refractivity contribution in [1.29, 1.82) is 0 Å². The molecule has 76 valence electrons. The molecular weight excluding hydrogens is 166 g/mol. The zero-order valence-electron chi connectivity index (χ0n) is 8.80. The second-order valence-corrected chi connectivity index (χ2v) is 3.73. The number of carbonyl (C=O) groups excluding carboxylic acids is 1. The number of hydrogen-bond acceptors (Lipinski definition) is 2. The third-order valence-corrected chi connectivity index (χ3v) is 2.75. The molecule has 2 fully saturated rings. The van der Waals surface area contributed by atoms with Gasteiger partial charge in [0.05, 0.1) is 13.2 Å². The fourth-order valence-electron chi connectivity index (χ4n) is 1.71. The summed E-state index contributed by atoms with van der Waals surface area (Å²) in [6.45, 7) is 6.50. The van der Waals surface area contributed by atoms with Gasteiger partial charge in [-0.25, -0.2) is 0 Å². The molecule has 0 N–H and O–H groups in total. The molecular formula is C10H19NO2. The summed E-state index contributed by atoms with van der Waals surface area (Å²) in [6.07, 6.45) is 1.82. The molecule has 2 heterocycles. The topological polar surface area (TPSA) is 29.5 Å². The number of carbonyl (C=O) groups is 1. The van der Waals surface area contributed by atoms with Crippen LogP contribution >= 0.6 is 0 Å². The minimum atomic E-state index is 0.240. The van der Waals surface area contributed by atoms with Crippen LogP contribution in [0.2, 0.25) is 0 Å². The molecule has 2 saturated heterocycles. The molecule has 0 aromatic heterocycles. The maximum absolute atomic E-state index is 11.3. The molecule has 0 unspecified atom stereocenters. The summed E-state index contributed by atoms with van der Waals surface area (Å²) in [7, 11) is 1.87. The van der Waals surface area contributed by atoms with Gasteiger partial charge < -0.3 is 9.64 Å². The molecule has 0 aromatic carbocycles. The Labute approximate surface area is 80.1 Å². The van der Waals surface area contributed by atoms with Crippen molar-refractivity contribution in [3.8, 4) is 0 Å². The molecule has 0 aromatic rings. The molecule has 0 saturated carbocycles. The number of hydrogen-bond donors (Lipinski definition) is 0. The average Bonchev–Trinajstić information content (AvgIpc) is 2.11. The van der Waals surface area contributed by atoms with Gasteiger partial charge in [0.25, 0.3) is 0 Å². The highest BCUT2D eigenvalue weighted by atomic mass is 16.5. The minimum Gasteiger partial charge on any atom is -0.380 e. The van der Waals surface area contributed by atoms with Gasteiger partial charge in [-0.05, 0) is 6.42 Å². The van der Waals surface area contributed by atoms with Gasteiger partial charge in [-0.2, -0.15) is 0 Å². The first-order valence-corrected chi connectivity index (χ1v) is 5.04. The fraction of sp³-hybridized carbons (Fsp3) is 0.900. The van der Waals surface area contributed by atoms with E-state index < -0.39 is 0 Å². The van der Waals surface area contributed by atoms with Crippen LogP contribution in [0.4, 0.5) is 0 Å². The molecule has 0 aliphatic carbocycles. The number of likely N-dealkylation sites (tertiary alicyclic amines) is 1. The average molecular weight is 185 g/mol. The van der Waals surface area contributed by atoms with E-state index in [4.69, 9.17) is 4.74 Å². The van der Waals surface area contributed by atoms with E-state index in [1.54, 1.807) is 0 Å². The van der Waals surface area contributed by atoms with Gasteiger partial charge in [0, 0.05) is 25.4 Å². The predicted molar refractivity (Wildman–Crippen MR) is 51.5 cm³/mol. The van der Waals surface area contributed by atoms with E-state index in [0.717, 1.165) is 26.2 Å². The lowest BCUT2D eigenvalue weighted by molar-refractivity contribution is -0.163. The molecule has 0 bridgehead atoms. The van der Waals surface area contributed by atoms with E-state index in [1.807, 2.05) is 25.8 Å². The van der Waals surface area contributed by atoms with Gasteiger partial charge in [-0.3, -0.25) is 4.79 Å².